The van der Waals surface area contributed by atoms with Crippen molar-refractivity contribution in [2.45, 2.75) is 18.6 Å². The molecule has 0 bridgehead atoms. The fourth-order valence-electron chi connectivity index (χ4n) is 1.53. The van der Waals surface area contributed by atoms with E-state index in [2.05, 4.69) is 4.74 Å². The van der Waals surface area contributed by atoms with Crippen molar-refractivity contribution >= 4 is 23.5 Å². The number of primary amides is 1. The number of rotatable bonds is 5. The van der Waals surface area contributed by atoms with Gasteiger partial charge in [-0.1, -0.05) is 17.7 Å². The molecular weight excluding hydrogens is 274 g/mol. The number of esters is 1. The first-order chi connectivity index (χ1) is 8.86. The second-order valence-electron chi connectivity index (χ2n) is 3.91. The molecule has 1 amide bonds. The second kappa shape index (κ2) is 6.51. The summed E-state index contributed by atoms with van der Waals surface area (Å²) in [6, 6.07) is 4.10. The summed E-state index contributed by atoms with van der Waals surface area (Å²) in [5.41, 5.74) is 5.34. The van der Waals surface area contributed by atoms with E-state index in [-0.39, 0.29) is 22.6 Å². The molecule has 0 aromatic heterocycles. The Balaban J connectivity index is 2.94. The van der Waals surface area contributed by atoms with Crippen LogP contribution >= 0.6 is 11.6 Å². The van der Waals surface area contributed by atoms with Gasteiger partial charge in [0.2, 0.25) is 5.91 Å². The van der Waals surface area contributed by atoms with E-state index in [4.69, 9.17) is 17.3 Å². The highest BCUT2D eigenvalue weighted by Crippen LogP contribution is 2.25. The first-order valence-electron chi connectivity index (χ1n) is 5.39. The van der Waals surface area contributed by atoms with Gasteiger partial charge in [0.05, 0.1) is 30.2 Å². The van der Waals surface area contributed by atoms with Crippen molar-refractivity contribution in [2.24, 2.45) is 5.73 Å². The maximum Gasteiger partial charge on any atom is 0.339 e. The lowest BCUT2D eigenvalue weighted by Gasteiger charge is -2.17. The number of carbonyl (C=O) groups excluding carboxylic acids is 2. The number of nitrogens with two attached hydrogens (primary N) is 1. The van der Waals surface area contributed by atoms with Crippen molar-refractivity contribution in [3.05, 3.63) is 34.3 Å². The Bertz CT molecular complexity index is 491. The van der Waals surface area contributed by atoms with Gasteiger partial charge in [-0.05, 0) is 17.7 Å². The summed E-state index contributed by atoms with van der Waals surface area (Å²) in [6.45, 7) is 0. The van der Waals surface area contributed by atoms with Gasteiger partial charge in [-0.3, -0.25) is 4.79 Å². The van der Waals surface area contributed by atoms with E-state index in [1.54, 1.807) is 0 Å². The van der Waals surface area contributed by atoms with Crippen LogP contribution in [0.2, 0.25) is 5.02 Å². The maximum atomic E-state index is 11.3. The Morgan fingerprint density at radius 1 is 1.42 bits per heavy atom. The first-order valence-corrected chi connectivity index (χ1v) is 5.76. The monoisotopic (exact) mass is 287 g/mol. The molecule has 0 spiro atoms. The van der Waals surface area contributed by atoms with Crippen molar-refractivity contribution in [2.75, 3.05) is 7.11 Å². The van der Waals surface area contributed by atoms with Crippen LogP contribution in [0, 0.1) is 0 Å². The van der Waals surface area contributed by atoms with Crippen LogP contribution in [0.1, 0.15) is 28.4 Å². The summed E-state index contributed by atoms with van der Waals surface area (Å²) >= 11 is 5.87. The number of halogens is 1. The van der Waals surface area contributed by atoms with Crippen LogP contribution in [0.3, 0.4) is 0 Å². The highest BCUT2D eigenvalue weighted by atomic mass is 35.5. The van der Waals surface area contributed by atoms with E-state index >= 15 is 0 Å². The molecule has 1 rings (SSSR count). The first kappa shape index (κ1) is 15.4. The number of ether oxygens (including phenoxy) is 1. The van der Waals surface area contributed by atoms with Gasteiger partial charge in [-0.15, -0.1) is 0 Å². The lowest BCUT2D eigenvalue weighted by molar-refractivity contribution is -0.121. The van der Waals surface area contributed by atoms with Crippen LogP contribution in [0.5, 0.6) is 0 Å². The number of aliphatic hydroxyl groups excluding tert-OH is 2. The van der Waals surface area contributed by atoms with Crippen molar-refractivity contribution in [1.82, 2.24) is 0 Å². The molecule has 0 heterocycles. The van der Waals surface area contributed by atoms with Gasteiger partial charge < -0.3 is 20.7 Å². The molecule has 0 aliphatic rings. The Morgan fingerprint density at radius 3 is 2.53 bits per heavy atom. The zero-order valence-corrected chi connectivity index (χ0v) is 10.9. The third-order valence-electron chi connectivity index (χ3n) is 2.51. The summed E-state index contributed by atoms with van der Waals surface area (Å²) in [5.74, 6) is -1.34. The Labute approximate surface area is 114 Å². The van der Waals surface area contributed by atoms with Crippen LogP contribution in [-0.4, -0.2) is 35.3 Å². The Kier molecular flexibility index (Phi) is 5.29. The van der Waals surface area contributed by atoms with Gasteiger partial charge in [0.1, 0.15) is 6.10 Å². The minimum Gasteiger partial charge on any atom is -0.465 e. The quantitative estimate of drug-likeness (QED) is 0.679. The molecule has 19 heavy (non-hydrogen) atoms. The Hall–Kier alpha value is -1.63. The summed E-state index contributed by atoms with van der Waals surface area (Å²) in [4.78, 5) is 22.0. The fraction of sp³-hybridized carbons (Fsp3) is 0.333. The minimum absolute atomic E-state index is 0.0784. The number of carbonyl (C=O) groups is 2. The molecule has 0 radical (unpaired) electrons. The normalized spacial score (nSPS) is 13.7. The van der Waals surface area contributed by atoms with Crippen LogP contribution in [0.4, 0.5) is 0 Å². The van der Waals surface area contributed by atoms with E-state index in [0.717, 1.165) is 0 Å². The van der Waals surface area contributed by atoms with Crippen molar-refractivity contribution in [1.29, 1.82) is 0 Å². The summed E-state index contributed by atoms with van der Waals surface area (Å²) in [7, 11) is 1.22. The number of methoxy groups -OCH3 is 1. The highest BCUT2D eigenvalue weighted by Gasteiger charge is 2.22. The van der Waals surface area contributed by atoms with Crippen molar-refractivity contribution in [3.8, 4) is 0 Å². The van der Waals surface area contributed by atoms with E-state index in [1.807, 2.05) is 0 Å². The third kappa shape index (κ3) is 3.92. The third-order valence-corrected chi connectivity index (χ3v) is 2.83. The number of aliphatic hydroxyl groups is 2. The van der Waals surface area contributed by atoms with Crippen LogP contribution in [0.25, 0.3) is 0 Å². The van der Waals surface area contributed by atoms with Crippen molar-refractivity contribution < 1.29 is 24.5 Å². The topological polar surface area (TPSA) is 110 Å². The fourth-order valence-corrected chi connectivity index (χ4v) is 1.80. The van der Waals surface area contributed by atoms with Gasteiger partial charge in [0.15, 0.2) is 0 Å². The smallest absolute Gasteiger partial charge is 0.339 e. The zero-order valence-electron chi connectivity index (χ0n) is 10.2. The average Bonchev–Trinajstić information content (AvgIpc) is 2.36. The summed E-state index contributed by atoms with van der Waals surface area (Å²) < 4.78 is 4.52. The van der Waals surface area contributed by atoms with Crippen LogP contribution in [0.15, 0.2) is 18.2 Å². The number of hydrogen-bond donors (Lipinski definition) is 3. The van der Waals surface area contributed by atoms with Gasteiger partial charge in [-0.25, -0.2) is 4.79 Å². The predicted octanol–water partition coefficient (Wildman–Crippen LogP) is 0.396. The van der Waals surface area contributed by atoms with Gasteiger partial charge in [0, 0.05) is 0 Å². The largest absolute Gasteiger partial charge is 0.465 e. The average molecular weight is 288 g/mol. The number of amides is 1. The molecule has 6 nitrogen and oxygen atoms in total. The molecule has 7 heteroatoms. The molecule has 0 saturated heterocycles. The minimum atomic E-state index is -1.34. The molecule has 2 atom stereocenters. The molecule has 0 fully saturated rings. The number of benzene rings is 1. The van der Waals surface area contributed by atoms with Gasteiger partial charge >= 0.3 is 5.97 Å². The molecule has 1 aromatic rings. The van der Waals surface area contributed by atoms with Gasteiger partial charge in [0.25, 0.3) is 0 Å². The molecule has 4 N–H and O–H groups in total. The molecule has 0 aliphatic carbocycles. The molecule has 2 unspecified atom stereocenters. The molecule has 1 aromatic carbocycles. The Morgan fingerprint density at radius 2 is 2.05 bits per heavy atom. The van der Waals surface area contributed by atoms with Crippen molar-refractivity contribution in [3.63, 3.8) is 0 Å². The molecular formula is C12H14ClNO5. The van der Waals surface area contributed by atoms with Gasteiger partial charge in [-0.2, -0.15) is 0 Å². The second-order valence-corrected chi connectivity index (χ2v) is 4.32. The lowest BCUT2D eigenvalue weighted by Crippen LogP contribution is -2.25. The summed E-state index contributed by atoms with van der Waals surface area (Å²) in [5, 5.41) is 19.5. The predicted molar refractivity (Wildman–Crippen MR) is 67.6 cm³/mol. The zero-order chi connectivity index (χ0) is 14.6. The standard InChI is InChI=1S/C12H14ClNO5/c1-19-12(18)7-3-2-6(4-8(7)13)11(17)9(15)5-10(14)16/h2-4,9,11,15,17H,5H2,1H3,(H2,14,16). The summed E-state index contributed by atoms with van der Waals surface area (Å²) in [6.07, 6.45) is -3.04. The highest BCUT2D eigenvalue weighted by molar-refractivity contribution is 6.33. The molecule has 0 aliphatic heterocycles. The molecule has 0 saturated carbocycles. The van der Waals surface area contributed by atoms with E-state index in [9.17, 15) is 19.8 Å². The van der Waals surface area contributed by atoms with E-state index in [1.165, 1.54) is 25.3 Å². The maximum absolute atomic E-state index is 11.3. The van der Waals surface area contributed by atoms with Crippen LogP contribution in [-0.2, 0) is 9.53 Å². The SMILES string of the molecule is COC(=O)c1ccc(C(O)C(O)CC(N)=O)cc1Cl. The number of hydrogen-bond acceptors (Lipinski definition) is 5. The van der Waals surface area contributed by atoms with E-state index < -0.39 is 24.1 Å². The van der Waals surface area contributed by atoms with Crippen LogP contribution < -0.4 is 5.73 Å². The lowest BCUT2D eigenvalue weighted by atomic mass is 10.0. The molecule has 104 valence electrons. The van der Waals surface area contributed by atoms with E-state index in [0.29, 0.717) is 0 Å².